The maximum atomic E-state index is 13.8. The molecule has 1 N–H and O–H groups in total. The largest absolute Gasteiger partial charge is 0.489 e. The third-order valence-electron chi connectivity index (χ3n) is 7.30. The molecule has 3 aromatic rings. The number of halogens is 1. The molecule has 202 valence electrons. The average molecular weight is 538 g/mol. The summed E-state index contributed by atoms with van der Waals surface area (Å²) in [5.74, 6) is 0.616. The zero-order chi connectivity index (χ0) is 26.9. The van der Waals surface area contributed by atoms with E-state index in [1.807, 2.05) is 26.8 Å². The minimum atomic E-state index is -0.433. The van der Waals surface area contributed by atoms with Crippen LogP contribution in [0.3, 0.4) is 0 Å². The number of hydrogen-bond donors (Lipinski definition) is 1. The zero-order valence-electron chi connectivity index (χ0n) is 22.4. The van der Waals surface area contributed by atoms with E-state index < -0.39 is 5.54 Å². The minimum absolute atomic E-state index is 0.0883. The van der Waals surface area contributed by atoms with Crippen molar-refractivity contribution < 1.29 is 9.53 Å². The molecule has 8 nitrogen and oxygen atoms in total. The number of pyridine rings is 1. The van der Waals surface area contributed by atoms with Crippen molar-refractivity contribution in [2.75, 3.05) is 13.1 Å². The van der Waals surface area contributed by atoms with Crippen molar-refractivity contribution in [3.63, 3.8) is 0 Å². The maximum absolute atomic E-state index is 13.8. The van der Waals surface area contributed by atoms with E-state index in [1.165, 1.54) is 30.3 Å². The van der Waals surface area contributed by atoms with Crippen molar-refractivity contribution in [2.45, 2.75) is 83.5 Å². The summed E-state index contributed by atoms with van der Waals surface area (Å²) in [7, 11) is 0. The van der Waals surface area contributed by atoms with Crippen LogP contribution in [0.25, 0.3) is 22.4 Å². The van der Waals surface area contributed by atoms with E-state index in [-0.39, 0.29) is 24.1 Å². The predicted octanol–water partition coefficient (Wildman–Crippen LogP) is 4.81. The molecule has 3 heterocycles. The molecule has 1 saturated heterocycles. The fourth-order valence-corrected chi connectivity index (χ4v) is 5.76. The number of carbonyl (C=O) groups is 1. The van der Waals surface area contributed by atoms with E-state index in [0.29, 0.717) is 33.2 Å². The number of likely N-dealkylation sites (tertiary alicyclic amines) is 1. The van der Waals surface area contributed by atoms with Gasteiger partial charge >= 0.3 is 0 Å². The molecule has 0 radical (unpaired) electrons. The molecule has 0 bridgehead atoms. The van der Waals surface area contributed by atoms with Gasteiger partial charge in [-0.3, -0.25) is 14.2 Å². The normalized spacial score (nSPS) is 17.7. The Morgan fingerprint density at radius 1 is 1.13 bits per heavy atom. The Bertz CT molecular complexity index is 1370. The van der Waals surface area contributed by atoms with Crippen LogP contribution in [0.15, 0.2) is 41.3 Å². The van der Waals surface area contributed by atoms with Gasteiger partial charge in [0.1, 0.15) is 24.2 Å². The molecule has 1 amide bonds. The van der Waals surface area contributed by atoms with Gasteiger partial charge in [0, 0.05) is 35.3 Å². The number of amides is 1. The van der Waals surface area contributed by atoms with Crippen molar-refractivity contribution in [2.24, 2.45) is 0 Å². The summed E-state index contributed by atoms with van der Waals surface area (Å²) in [4.78, 5) is 38.4. The number of ether oxygens (including phenoxy) is 1. The van der Waals surface area contributed by atoms with Crippen LogP contribution >= 0.6 is 11.6 Å². The number of hydrogen-bond acceptors (Lipinski definition) is 6. The van der Waals surface area contributed by atoms with E-state index in [4.69, 9.17) is 16.3 Å². The highest BCUT2D eigenvalue weighted by Gasteiger charge is 2.28. The monoisotopic (exact) mass is 537 g/mol. The van der Waals surface area contributed by atoms with E-state index in [9.17, 15) is 9.59 Å². The molecule has 0 spiro atoms. The molecule has 1 aromatic carbocycles. The van der Waals surface area contributed by atoms with Gasteiger partial charge in [-0.2, -0.15) is 0 Å². The number of benzene rings is 1. The minimum Gasteiger partial charge on any atom is -0.489 e. The van der Waals surface area contributed by atoms with Gasteiger partial charge in [0.05, 0.1) is 11.6 Å². The molecule has 0 unspecified atom stereocenters. The lowest BCUT2D eigenvalue weighted by Crippen LogP contribution is -2.43. The van der Waals surface area contributed by atoms with Crippen molar-refractivity contribution in [1.29, 1.82) is 0 Å². The Morgan fingerprint density at radius 2 is 1.87 bits per heavy atom. The van der Waals surface area contributed by atoms with Crippen LogP contribution in [0.1, 0.15) is 59.3 Å². The maximum Gasteiger partial charge on any atom is 0.263 e. The Labute approximate surface area is 228 Å². The Balaban J connectivity index is 1.43. The first-order valence-corrected chi connectivity index (χ1v) is 13.9. The average Bonchev–Trinajstić information content (AvgIpc) is 3.40. The molecule has 38 heavy (non-hydrogen) atoms. The number of nitrogens with zero attached hydrogens (tertiary/aromatic N) is 4. The van der Waals surface area contributed by atoms with Crippen LogP contribution in [0.2, 0.25) is 5.02 Å². The highest BCUT2D eigenvalue weighted by atomic mass is 35.5. The van der Waals surface area contributed by atoms with Crippen LogP contribution in [0, 0.1) is 0 Å². The Kier molecular flexibility index (Phi) is 7.73. The van der Waals surface area contributed by atoms with E-state index >= 15 is 0 Å². The van der Waals surface area contributed by atoms with Crippen LogP contribution in [-0.2, 0) is 11.3 Å². The van der Waals surface area contributed by atoms with Gasteiger partial charge in [-0.25, -0.2) is 9.97 Å². The molecule has 1 saturated carbocycles. The van der Waals surface area contributed by atoms with Gasteiger partial charge in [0.2, 0.25) is 5.91 Å². The van der Waals surface area contributed by atoms with Gasteiger partial charge < -0.3 is 15.0 Å². The first-order valence-electron chi connectivity index (χ1n) is 13.5. The van der Waals surface area contributed by atoms with Crippen molar-refractivity contribution >= 4 is 28.5 Å². The first kappa shape index (κ1) is 26.6. The van der Waals surface area contributed by atoms with E-state index in [0.717, 1.165) is 32.0 Å². The second-order valence-electron chi connectivity index (χ2n) is 11.5. The molecule has 2 aliphatic rings. The number of aromatic nitrogens is 3. The van der Waals surface area contributed by atoms with Crippen molar-refractivity contribution in [1.82, 2.24) is 24.8 Å². The second kappa shape index (κ2) is 11.0. The summed E-state index contributed by atoms with van der Waals surface area (Å²) < 4.78 is 7.67. The number of piperidine rings is 1. The number of rotatable bonds is 6. The molecule has 1 aliphatic carbocycles. The van der Waals surface area contributed by atoms with Crippen LogP contribution in [0.5, 0.6) is 5.75 Å². The summed E-state index contributed by atoms with van der Waals surface area (Å²) >= 11 is 6.23. The number of nitrogens with one attached hydrogen (secondary N) is 1. The predicted molar refractivity (Wildman–Crippen MR) is 150 cm³/mol. The molecule has 9 heteroatoms. The molecule has 5 rings (SSSR count). The summed E-state index contributed by atoms with van der Waals surface area (Å²) in [5, 5.41) is 3.76. The smallest absolute Gasteiger partial charge is 0.263 e. The van der Waals surface area contributed by atoms with Crippen molar-refractivity contribution in [3.05, 3.63) is 51.9 Å². The van der Waals surface area contributed by atoms with Crippen LogP contribution < -0.4 is 15.6 Å². The SMILES string of the molecule is CC(C)(C)NC(=O)Cn1c(-c2cccc(Cl)c2)nc2ncc(OC3CCN(C4CCCC4)CC3)cc2c1=O. The van der Waals surface area contributed by atoms with Crippen molar-refractivity contribution in [3.8, 4) is 17.1 Å². The standard InChI is InChI=1S/C29H36ClN5O3/c1-29(2,3)33-25(36)18-35-27(19-7-6-8-20(30)15-19)32-26-24(28(35)37)16-23(17-31-26)38-22-11-13-34(14-12-22)21-9-4-5-10-21/h6-8,15-17,21-22H,4-5,9-14,18H2,1-3H3,(H,33,36). The lowest BCUT2D eigenvalue weighted by atomic mass is 10.0. The summed E-state index contributed by atoms with van der Waals surface area (Å²) in [6.07, 6.45) is 8.93. The highest BCUT2D eigenvalue weighted by molar-refractivity contribution is 6.30. The zero-order valence-corrected chi connectivity index (χ0v) is 23.1. The molecular weight excluding hydrogens is 502 g/mol. The third kappa shape index (κ3) is 6.18. The van der Waals surface area contributed by atoms with Gasteiger partial charge in [-0.1, -0.05) is 36.6 Å². The Hall–Kier alpha value is -2.97. The highest BCUT2D eigenvalue weighted by Crippen LogP contribution is 2.28. The lowest BCUT2D eigenvalue weighted by molar-refractivity contribution is -0.123. The molecule has 2 aromatic heterocycles. The molecular formula is C29H36ClN5O3. The Morgan fingerprint density at radius 3 is 2.55 bits per heavy atom. The summed E-state index contributed by atoms with van der Waals surface area (Å²) in [6.45, 7) is 7.60. The van der Waals surface area contributed by atoms with Gasteiger partial charge in [-0.15, -0.1) is 0 Å². The topological polar surface area (TPSA) is 89.3 Å². The number of carbonyl (C=O) groups excluding carboxylic acids is 1. The number of fused-ring (bicyclic) bond motifs is 1. The molecule has 2 fully saturated rings. The van der Waals surface area contributed by atoms with E-state index in [2.05, 4.69) is 20.2 Å². The third-order valence-corrected chi connectivity index (χ3v) is 7.54. The second-order valence-corrected chi connectivity index (χ2v) is 11.9. The van der Waals surface area contributed by atoms with Crippen LogP contribution in [0.4, 0.5) is 0 Å². The summed E-state index contributed by atoms with van der Waals surface area (Å²) in [6, 6.07) is 9.51. The molecule has 1 aliphatic heterocycles. The quantitative estimate of drug-likeness (QED) is 0.485. The molecule has 0 atom stereocenters. The van der Waals surface area contributed by atoms with Gasteiger partial charge in [0.25, 0.3) is 5.56 Å². The summed E-state index contributed by atoms with van der Waals surface area (Å²) in [5.41, 5.74) is 0.164. The van der Waals surface area contributed by atoms with Gasteiger partial charge in [0.15, 0.2) is 5.65 Å². The first-order chi connectivity index (χ1) is 18.2. The fraction of sp³-hybridized carbons (Fsp3) is 0.517. The fourth-order valence-electron chi connectivity index (χ4n) is 5.57. The van der Waals surface area contributed by atoms with Crippen LogP contribution in [-0.4, -0.2) is 56.1 Å². The lowest BCUT2D eigenvalue weighted by Gasteiger charge is -2.35. The van der Waals surface area contributed by atoms with Gasteiger partial charge in [-0.05, 0) is 64.7 Å². The van der Waals surface area contributed by atoms with E-state index in [1.54, 1.807) is 30.5 Å².